The van der Waals surface area contributed by atoms with Crippen molar-refractivity contribution in [3.05, 3.63) is 35.9 Å². The van der Waals surface area contributed by atoms with Crippen molar-refractivity contribution < 1.29 is 9.90 Å². The van der Waals surface area contributed by atoms with E-state index in [1.807, 2.05) is 0 Å². The van der Waals surface area contributed by atoms with E-state index >= 15 is 0 Å². The van der Waals surface area contributed by atoms with Crippen molar-refractivity contribution in [3.63, 3.8) is 0 Å². The Bertz CT molecular complexity index is 700. The topological polar surface area (TPSA) is 43.8 Å². The average molecular weight is 397 g/mol. The van der Waals surface area contributed by atoms with Gasteiger partial charge in [-0.05, 0) is 68.8 Å². The SMILES string of the molecule is O=C(C1CCC(O)CC1)N1C[C@@H]2C[C@H](C1)[C@@H]1CCC[C@H](Cc3ccccc3)N1C2. The molecule has 158 valence electrons. The van der Waals surface area contributed by atoms with E-state index in [0.29, 0.717) is 29.8 Å². The van der Waals surface area contributed by atoms with E-state index < -0.39 is 0 Å². The first-order valence-corrected chi connectivity index (χ1v) is 11.9. The van der Waals surface area contributed by atoms with Crippen molar-refractivity contribution in [1.29, 1.82) is 0 Å². The van der Waals surface area contributed by atoms with Gasteiger partial charge >= 0.3 is 0 Å². The highest BCUT2D eigenvalue weighted by Gasteiger charge is 2.46. The van der Waals surface area contributed by atoms with Crippen molar-refractivity contribution >= 4 is 5.91 Å². The second-order valence-electron chi connectivity index (χ2n) is 10.1. The number of rotatable bonds is 3. The molecular weight excluding hydrogens is 360 g/mol. The highest BCUT2D eigenvalue weighted by atomic mass is 16.3. The third-order valence-electron chi connectivity index (χ3n) is 8.19. The Morgan fingerprint density at radius 2 is 1.76 bits per heavy atom. The normalized spacial score (nSPS) is 37.8. The molecule has 3 heterocycles. The standard InChI is InChI=1S/C25H36N2O2/c28-23-11-9-20(10-12-23)25(29)26-15-19-13-21(17-26)24-8-4-7-22(27(24)16-19)14-18-5-2-1-3-6-18/h1-3,5-6,19-24,28H,4,7-17H2/t19-,20?,21+,22+,23?,24-/m0/s1. The van der Waals surface area contributed by atoms with Gasteiger partial charge in [0.25, 0.3) is 0 Å². The average Bonchev–Trinajstić information content (AvgIpc) is 2.75. The van der Waals surface area contributed by atoms with Crippen LogP contribution in [0, 0.1) is 17.8 Å². The predicted molar refractivity (Wildman–Crippen MR) is 114 cm³/mol. The van der Waals surface area contributed by atoms with Gasteiger partial charge < -0.3 is 10.0 Å². The summed E-state index contributed by atoms with van der Waals surface area (Å²) in [6, 6.07) is 12.3. The van der Waals surface area contributed by atoms with Gasteiger partial charge in [0.15, 0.2) is 0 Å². The summed E-state index contributed by atoms with van der Waals surface area (Å²) in [4.78, 5) is 18.3. The molecule has 5 rings (SSSR count). The number of amides is 1. The summed E-state index contributed by atoms with van der Waals surface area (Å²) in [5, 5.41) is 9.78. The highest BCUT2D eigenvalue weighted by molar-refractivity contribution is 5.79. The van der Waals surface area contributed by atoms with Gasteiger partial charge in [-0.1, -0.05) is 36.8 Å². The molecule has 1 aliphatic carbocycles. The van der Waals surface area contributed by atoms with Crippen LogP contribution in [0.15, 0.2) is 30.3 Å². The molecule has 4 aliphatic rings. The smallest absolute Gasteiger partial charge is 0.225 e. The van der Waals surface area contributed by atoms with Crippen molar-refractivity contribution in [3.8, 4) is 0 Å². The molecule has 0 unspecified atom stereocenters. The first-order chi connectivity index (χ1) is 14.2. The molecule has 0 aromatic heterocycles. The van der Waals surface area contributed by atoms with E-state index in [9.17, 15) is 9.90 Å². The van der Waals surface area contributed by atoms with Crippen LogP contribution in [0.4, 0.5) is 0 Å². The lowest BCUT2D eigenvalue weighted by atomic mass is 9.73. The molecule has 29 heavy (non-hydrogen) atoms. The summed E-state index contributed by atoms with van der Waals surface area (Å²) in [5.41, 5.74) is 1.46. The van der Waals surface area contributed by atoms with E-state index in [2.05, 4.69) is 40.1 Å². The molecule has 4 atom stereocenters. The Hall–Kier alpha value is -1.39. The number of piperidine rings is 3. The molecule has 1 aromatic rings. The van der Waals surface area contributed by atoms with Crippen LogP contribution < -0.4 is 0 Å². The highest BCUT2D eigenvalue weighted by Crippen LogP contribution is 2.41. The van der Waals surface area contributed by atoms with E-state index in [4.69, 9.17) is 0 Å². The van der Waals surface area contributed by atoms with Crippen LogP contribution in [-0.4, -0.2) is 58.6 Å². The Morgan fingerprint density at radius 3 is 2.55 bits per heavy atom. The minimum absolute atomic E-state index is 0.158. The van der Waals surface area contributed by atoms with Gasteiger partial charge in [0.2, 0.25) is 5.91 Å². The van der Waals surface area contributed by atoms with Gasteiger partial charge in [0, 0.05) is 37.6 Å². The van der Waals surface area contributed by atoms with Gasteiger partial charge in [0.05, 0.1) is 6.10 Å². The molecule has 3 saturated heterocycles. The minimum atomic E-state index is -0.183. The molecule has 4 heteroatoms. The van der Waals surface area contributed by atoms with E-state index in [1.165, 1.54) is 44.2 Å². The molecule has 0 spiro atoms. The second kappa shape index (κ2) is 8.39. The number of fused-ring (bicyclic) bond motifs is 4. The zero-order chi connectivity index (χ0) is 19.8. The number of aliphatic hydroxyl groups is 1. The maximum absolute atomic E-state index is 13.2. The summed E-state index contributed by atoms with van der Waals surface area (Å²) < 4.78 is 0. The van der Waals surface area contributed by atoms with Crippen LogP contribution in [0.2, 0.25) is 0 Å². The number of nitrogens with zero attached hydrogens (tertiary/aromatic N) is 2. The maximum Gasteiger partial charge on any atom is 0.225 e. The molecule has 1 amide bonds. The predicted octanol–water partition coefficient (Wildman–Crippen LogP) is 3.48. The fourth-order valence-electron chi connectivity index (χ4n) is 6.78. The summed E-state index contributed by atoms with van der Waals surface area (Å²) in [6.45, 7) is 3.09. The largest absolute Gasteiger partial charge is 0.393 e. The number of carbonyl (C=O) groups is 1. The molecule has 3 aliphatic heterocycles. The molecule has 1 N–H and O–H groups in total. The number of aliphatic hydroxyl groups excluding tert-OH is 1. The number of carbonyl (C=O) groups excluding carboxylic acids is 1. The minimum Gasteiger partial charge on any atom is -0.393 e. The lowest BCUT2D eigenvalue weighted by molar-refractivity contribution is -0.144. The van der Waals surface area contributed by atoms with Crippen molar-refractivity contribution in [1.82, 2.24) is 9.80 Å². The van der Waals surface area contributed by atoms with Gasteiger partial charge in [-0.2, -0.15) is 0 Å². The fraction of sp³-hybridized carbons (Fsp3) is 0.720. The Labute approximate surface area is 175 Å². The third-order valence-corrected chi connectivity index (χ3v) is 8.19. The van der Waals surface area contributed by atoms with Crippen LogP contribution in [0.1, 0.15) is 56.9 Å². The third kappa shape index (κ3) is 4.11. The second-order valence-corrected chi connectivity index (χ2v) is 10.1. The van der Waals surface area contributed by atoms with Gasteiger partial charge in [0.1, 0.15) is 0 Å². The van der Waals surface area contributed by atoms with Gasteiger partial charge in [-0.3, -0.25) is 9.69 Å². The number of benzene rings is 1. The lowest BCUT2D eigenvalue weighted by Gasteiger charge is -2.55. The molecule has 4 fully saturated rings. The van der Waals surface area contributed by atoms with Gasteiger partial charge in [-0.25, -0.2) is 0 Å². The van der Waals surface area contributed by atoms with E-state index in [1.54, 1.807) is 0 Å². The van der Waals surface area contributed by atoms with Crippen LogP contribution in [0.5, 0.6) is 0 Å². The Balaban J connectivity index is 1.25. The lowest BCUT2D eigenvalue weighted by Crippen LogP contribution is -2.63. The number of likely N-dealkylation sites (tertiary alicyclic amines) is 1. The molecule has 4 nitrogen and oxygen atoms in total. The van der Waals surface area contributed by atoms with Crippen LogP contribution >= 0.6 is 0 Å². The zero-order valence-corrected chi connectivity index (χ0v) is 17.6. The quantitative estimate of drug-likeness (QED) is 0.851. The first-order valence-electron chi connectivity index (χ1n) is 11.9. The summed E-state index contributed by atoms with van der Waals surface area (Å²) >= 11 is 0. The number of hydrogen-bond donors (Lipinski definition) is 1. The molecular formula is C25H36N2O2. The zero-order valence-electron chi connectivity index (χ0n) is 17.6. The maximum atomic E-state index is 13.2. The summed E-state index contributed by atoms with van der Waals surface area (Å²) in [5.74, 6) is 1.83. The van der Waals surface area contributed by atoms with E-state index in [0.717, 1.165) is 38.8 Å². The Kier molecular flexibility index (Phi) is 5.66. The van der Waals surface area contributed by atoms with Crippen LogP contribution in [0.3, 0.4) is 0 Å². The van der Waals surface area contributed by atoms with Crippen molar-refractivity contribution in [2.75, 3.05) is 19.6 Å². The monoisotopic (exact) mass is 396 g/mol. The fourth-order valence-corrected chi connectivity index (χ4v) is 6.78. The molecule has 0 radical (unpaired) electrons. The van der Waals surface area contributed by atoms with Crippen molar-refractivity contribution in [2.45, 2.75) is 76.0 Å². The number of hydrogen-bond acceptors (Lipinski definition) is 3. The van der Waals surface area contributed by atoms with Gasteiger partial charge in [-0.15, -0.1) is 0 Å². The van der Waals surface area contributed by atoms with Crippen LogP contribution in [0.25, 0.3) is 0 Å². The Morgan fingerprint density at radius 1 is 0.966 bits per heavy atom. The summed E-state index contributed by atoms with van der Waals surface area (Å²) in [7, 11) is 0. The van der Waals surface area contributed by atoms with Crippen LogP contribution in [-0.2, 0) is 11.2 Å². The first kappa shape index (κ1) is 19.6. The summed E-state index contributed by atoms with van der Waals surface area (Å²) in [6.07, 6.45) is 9.60. The van der Waals surface area contributed by atoms with Crippen molar-refractivity contribution in [2.24, 2.45) is 17.8 Å². The van der Waals surface area contributed by atoms with E-state index in [-0.39, 0.29) is 12.0 Å². The molecule has 2 bridgehead atoms. The molecule has 1 saturated carbocycles. The molecule has 1 aromatic carbocycles.